The minimum Gasteiger partial charge on any atom is -0.368 e. The Morgan fingerprint density at radius 2 is 1.89 bits per heavy atom. The van der Waals surface area contributed by atoms with Crippen LogP contribution in [0.4, 0.5) is 0 Å². The quantitative estimate of drug-likeness (QED) is 0.756. The van der Waals surface area contributed by atoms with Crippen LogP contribution < -0.4 is 5.73 Å². The predicted molar refractivity (Wildman–Crippen MR) is 71.9 cm³/mol. The molecule has 2 amide bonds. The Hall–Kier alpha value is -1.06. The van der Waals surface area contributed by atoms with E-state index < -0.39 is 5.91 Å². The van der Waals surface area contributed by atoms with Crippen molar-refractivity contribution in [2.75, 3.05) is 13.1 Å². The summed E-state index contributed by atoms with van der Waals surface area (Å²) in [6.07, 6.45) is 8.85. The third-order valence-corrected chi connectivity index (χ3v) is 3.70. The van der Waals surface area contributed by atoms with E-state index in [-0.39, 0.29) is 12.5 Å². The molecule has 1 rings (SSSR count). The number of hydrogen-bond donors (Lipinski definition) is 1. The van der Waals surface area contributed by atoms with E-state index in [0.717, 1.165) is 18.8 Å². The standard InChI is InChI=1S/C14H26N2O2/c1-2-6-14(18)16(11-13(15)17)10-9-12-7-4-3-5-8-12/h12H,2-11H2,1H3,(H2,15,17). The zero-order valence-corrected chi connectivity index (χ0v) is 11.5. The van der Waals surface area contributed by atoms with E-state index in [0.29, 0.717) is 13.0 Å². The minimum atomic E-state index is -0.414. The van der Waals surface area contributed by atoms with Crippen molar-refractivity contribution in [3.8, 4) is 0 Å². The number of hydrogen-bond acceptors (Lipinski definition) is 2. The van der Waals surface area contributed by atoms with Crippen LogP contribution in [-0.4, -0.2) is 29.8 Å². The first-order valence-corrected chi connectivity index (χ1v) is 7.19. The van der Waals surface area contributed by atoms with Gasteiger partial charge in [0.15, 0.2) is 0 Å². The van der Waals surface area contributed by atoms with Gasteiger partial charge in [-0.15, -0.1) is 0 Å². The van der Waals surface area contributed by atoms with Crippen LogP contribution in [0, 0.1) is 5.92 Å². The van der Waals surface area contributed by atoms with Gasteiger partial charge < -0.3 is 10.6 Å². The van der Waals surface area contributed by atoms with Crippen LogP contribution in [0.25, 0.3) is 0 Å². The fourth-order valence-corrected chi connectivity index (χ4v) is 2.67. The minimum absolute atomic E-state index is 0.0621. The smallest absolute Gasteiger partial charge is 0.237 e. The van der Waals surface area contributed by atoms with Gasteiger partial charge in [0.05, 0.1) is 6.54 Å². The highest BCUT2D eigenvalue weighted by Gasteiger charge is 2.18. The maximum absolute atomic E-state index is 11.9. The molecule has 0 aromatic rings. The summed E-state index contributed by atoms with van der Waals surface area (Å²) in [4.78, 5) is 24.5. The van der Waals surface area contributed by atoms with Crippen LogP contribution in [0.5, 0.6) is 0 Å². The highest BCUT2D eigenvalue weighted by atomic mass is 16.2. The highest BCUT2D eigenvalue weighted by molar-refractivity contribution is 5.83. The van der Waals surface area contributed by atoms with E-state index in [1.165, 1.54) is 32.1 Å². The number of nitrogens with two attached hydrogens (primary N) is 1. The van der Waals surface area contributed by atoms with E-state index in [4.69, 9.17) is 5.73 Å². The van der Waals surface area contributed by atoms with Gasteiger partial charge in [-0.05, 0) is 18.8 Å². The van der Waals surface area contributed by atoms with E-state index in [9.17, 15) is 9.59 Å². The molecule has 4 heteroatoms. The topological polar surface area (TPSA) is 63.4 Å². The third-order valence-electron chi connectivity index (χ3n) is 3.70. The van der Waals surface area contributed by atoms with Gasteiger partial charge in [0.25, 0.3) is 0 Å². The highest BCUT2D eigenvalue weighted by Crippen LogP contribution is 2.26. The van der Waals surface area contributed by atoms with Gasteiger partial charge in [-0.2, -0.15) is 0 Å². The van der Waals surface area contributed by atoms with Crippen LogP contribution in [-0.2, 0) is 9.59 Å². The molecule has 0 saturated heterocycles. The second kappa shape index (κ2) is 8.11. The second-order valence-corrected chi connectivity index (χ2v) is 5.32. The number of nitrogens with zero attached hydrogens (tertiary/aromatic N) is 1. The number of amides is 2. The number of rotatable bonds is 7. The summed E-state index contributed by atoms with van der Waals surface area (Å²) in [5.74, 6) is 0.374. The first-order chi connectivity index (χ1) is 8.63. The molecule has 0 radical (unpaired) electrons. The molecule has 0 atom stereocenters. The fraction of sp³-hybridized carbons (Fsp3) is 0.857. The van der Waals surface area contributed by atoms with Gasteiger partial charge in [-0.1, -0.05) is 39.0 Å². The summed E-state index contributed by atoms with van der Waals surface area (Å²) in [6, 6.07) is 0. The molecule has 104 valence electrons. The zero-order chi connectivity index (χ0) is 13.4. The normalized spacial score (nSPS) is 16.5. The average molecular weight is 254 g/mol. The van der Waals surface area contributed by atoms with Gasteiger partial charge in [-0.3, -0.25) is 9.59 Å². The Bertz CT molecular complexity index is 273. The molecule has 1 fully saturated rings. The summed E-state index contributed by atoms with van der Waals surface area (Å²) in [7, 11) is 0. The van der Waals surface area contributed by atoms with Crippen LogP contribution >= 0.6 is 0 Å². The molecule has 0 unspecified atom stereocenters. The van der Waals surface area contributed by atoms with Crippen molar-refractivity contribution in [3.05, 3.63) is 0 Å². The molecule has 18 heavy (non-hydrogen) atoms. The van der Waals surface area contributed by atoms with Crippen molar-refractivity contribution in [2.45, 2.75) is 58.3 Å². The first kappa shape index (κ1) is 15.0. The lowest BCUT2D eigenvalue weighted by molar-refractivity contribution is -0.135. The number of carbonyl (C=O) groups excluding carboxylic acids is 2. The lowest BCUT2D eigenvalue weighted by Gasteiger charge is -2.26. The number of primary amides is 1. The maximum Gasteiger partial charge on any atom is 0.237 e. The summed E-state index contributed by atoms with van der Waals surface area (Å²) >= 11 is 0. The predicted octanol–water partition coefficient (Wildman–Crippen LogP) is 2.07. The van der Waals surface area contributed by atoms with Gasteiger partial charge in [0, 0.05) is 13.0 Å². The molecule has 2 N–H and O–H groups in total. The molecule has 1 aliphatic rings. The summed E-state index contributed by atoms with van der Waals surface area (Å²) < 4.78 is 0. The number of carbonyl (C=O) groups is 2. The molecule has 0 bridgehead atoms. The Kier molecular flexibility index (Phi) is 6.76. The van der Waals surface area contributed by atoms with Crippen molar-refractivity contribution < 1.29 is 9.59 Å². The second-order valence-electron chi connectivity index (χ2n) is 5.32. The largest absolute Gasteiger partial charge is 0.368 e. The molecule has 4 nitrogen and oxygen atoms in total. The van der Waals surface area contributed by atoms with Gasteiger partial charge in [0.1, 0.15) is 0 Å². The lowest BCUT2D eigenvalue weighted by Crippen LogP contribution is -2.39. The van der Waals surface area contributed by atoms with Crippen molar-refractivity contribution in [1.29, 1.82) is 0 Å². The van der Waals surface area contributed by atoms with Gasteiger partial charge >= 0.3 is 0 Å². The average Bonchev–Trinajstić information content (AvgIpc) is 2.35. The molecule has 0 spiro atoms. The summed E-state index contributed by atoms with van der Waals surface area (Å²) in [5, 5.41) is 0. The molecule has 0 heterocycles. The fourth-order valence-electron chi connectivity index (χ4n) is 2.67. The molecule has 0 aliphatic heterocycles. The van der Waals surface area contributed by atoms with Crippen LogP contribution in [0.2, 0.25) is 0 Å². The van der Waals surface area contributed by atoms with Crippen molar-refractivity contribution >= 4 is 11.8 Å². The lowest BCUT2D eigenvalue weighted by atomic mass is 9.87. The first-order valence-electron chi connectivity index (χ1n) is 7.19. The summed E-state index contributed by atoms with van der Waals surface area (Å²) in [5.41, 5.74) is 5.20. The van der Waals surface area contributed by atoms with E-state index in [1.54, 1.807) is 4.90 Å². The van der Waals surface area contributed by atoms with Gasteiger partial charge in [0.2, 0.25) is 11.8 Å². The van der Waals surface area contributed by atoms with E-state index >= 15 is 0 Å². The Balaban J connectivity index is 2.39. The van der Waals surface area contributed by atoms with Crippen LogP contribution in [0.1, 0.15) is 58.3 Å². The SMILES string of the molecule is CCCC(=O)N(CCC1CCCCC1)CC(N)=O. The van der Waals surface area contributed by atoms with Crippen molar-refractivity contribution in [3.63, 3.8) is 0 Å². The summed E-state index contributed by atoms with van der Waals surface area (Å²) in [6.45, 7) is 2.74. The molecule has 0 aromatic heterocycles. The Morgan fingerprint density at radius 1 is 1.22 bits per heavy atom. The molecule has 1 aliphatic carbocycles. The maximum atomic E-state index is 11.9. The molecular formula is C14H26N2O2. The van der Waals surface area contributed by atoms with E-state index in [2.05, 4.69) is 0 Å². The monoisotopic (exact) mass is 254 g/mol. The molecule has 1 saturated carbocycles. The zero-order valence-electron chi connectivity index (χ0n) is 11.5. The van der Waals surface area contributed by atoms with Gasteiger partial charge in [-0.25, -0.2) is 0 Å². The Morgan fingerprint density at radius 3 is 2.44 bits per heavy atom. The molecule has 0 aromatic carbocycles. The van der Waals surface area contributed by atoms with Crippen molar-refractivity contribution in [2.24, 2.45) is 11.7 Å². The van der Waals surface area contributed by atoms with E-state index in [1.807, 2.05) is 6.92 Å². The Labute approximate surface area is 110 Å². The third kappa shape index (κ3) is 5.52. The van der Waals surface area contributed by atoms with Crippen molar-refractivity contribution in [1.82, 2.24) is 4.90 Å². The van der Waals surface area contributed by atoms with Crippen LogP contribution in [0.15, 0.2) is 0 Å². The molecular weight excluding hydrogens is 228 g/mol. The van der Waals surface area contributed by atoms with Crippen LogP contribution in [0.3, 0.4) is 0 Å².